The van der Waals surface area contributed by atoms with Crippen LogP contribution in [0.2, 0.25) is 0 Å². The third-order valence-corrected chi connectivity index (χ3v) is 13.3. The Morgan fingerprint density at radius 3 is 0.829 bits per heavy atom. The van der Waals surface area contributed by atoms with Gasteiger partial charge in [0.1, 0.15) is 0 Å². The van der Waals surface area contributed by atoms with Crippen molar-refractivity contribution in [2.24, 2.45) is 0 Å². The van der Waals surface area contributed by atoms with Crippen LogP contribution < -0.4 is 21.2 Å². The van der Waals surface area contributed by atoms with Crippen LogP contribution in [0.15, 0.2) is 97.1 Å². The Morgan fingerprint density at radius 1 is 0.371 bits per heavy atom. The van der Waals surface area contributed by atoms with Gasteiger partial charge in [-0.2, -0.15) is 0 Å². The molecule has 180 valence electrons. The largest absolute Gasteiger partial charge is 0.0619 e. The van der Waals surface area contributed by atoms with Crippen LogP contribution in [0.25, 0.3) is 0 Å². The number of hydrogen-bond acceptors (Lipinski definition) is 0. The molecule has 0 spiro atoms. The van der Waals surface area contributed by atoms with Crippen LogP contribution in [0.4, 0.5) is 0 Å². The molecule has 0 bridgehead atoms. The van der Waals surface area contributed by atoms with E-state index in [9.17, 15) is 0 Å². The van der Waals surface area contributed by atoms with Gasteiger partial charge < -0.3 is 0 Å². The van der Waals surface area contributed by atoms with E-state index in [1.54, 1.807) is 21.2 Å². The molecule has 0 saturated carbocycles. The number of hydrogen-bond donors (Lipinski definition) is 0. The fourth-order valence-electron chi connectivity index (χ4n) is 5.00. The molecule has 4 aromatic carbocycles. The first kappa shape index (κ1) is 25.8. The highest BCUT2D eigenvalue weighted by Crippen LogP contribution is 2.50. The van der Waals surface area contributed by atoms with Crippen molar-refractivity contribution in [2.45, 2.75) is 53.4 Å². The predicted molar refractivity (Wildman–Crippen MR) is 161 cm³/mol. The van der Waals surface area contributed by atoms with Crippen molar-refractivity contribution in [1.82, 2.24) is 0 Å². The maximum Gasteiger partial charge on any atom is 0.00409 e. The van der Waals surface area contributed by atoms with Gasteiger partial charge in [-0.3, -0.25) is 0 Å². The van der Waals surface area contributed by atoms with Gasteiger partial charge in [0.2, 0.25) is 0 Å². The molecule has 0 amide bonds. The molecule has 0 nitrogen and oxygen atoms in total. The van der Waals surface area contributed by atoms with Crippen LogP contribution in [-0.4, -0.2) is 5.90 Å². The summed E-state index contributed by atoms with van der Waals surface area (Å²) in [5.41, 5.74) is 6.03. The van der Waals surface area contributed by atoms with Crippen molar-refractivity contribution < 1.29 is 0 Å². The summed E-state index contributed by atoms with van der Waals surface area (Å²) in [6.45, 7) is 9.22. The summed E-state index contributed by atoms with van der Waals surface area (Å²) >= 11 is 0. The molecule has 0 aromatic heterocycles. The van der Waals surface area contributed by atoms with Crippen LogP contribution >= 0.6 is 15.8 Å². The number of rotatable bonds is 10. The second-order valence-corrected chi connectivity index (χ2v) is 13.7. The molecule has 0 aliphatic rings. The zero-order valence-electron chi connectivity index (χ0n) is 21.7. The van der Waals surface area contributed by atoms with Crippen LogP contribution in [0.1, 0.15) is 49.9 Å². The van der Waals surface area contributed by atoms with Crippen molar-refractivity contribution >= 4 is 37.1 Å². The summed E-state index contributed by atoms with van der Waals surface area (Å²) in [5.74, 6) is 1.20. The topological polar surface area (TPSA) is 0 Å². The monoisotopic (exact) mass is 496 g/mol. The molecule has 0 fully saturated rings. The van der Waals surface area contributed by atoms with Crippen LogP contribution in [0.5, 0.6) is 0 Å². The lowest BCUT2D eigenvalue weighted by molar-refractivity contribution is 1.15. The molecule has 2 heteroatoms. The first-order chi connectivity index (χ1) is 17.2. The predicted octanol–water partition coefficient (Wildman–Crippen LogP) is 7.46. The Hall–Kier alpha value is -2.26. The molecule has 0 saturated heterocycles. The zero-order valence-corrected chi connectivity index (χ0v) is 23.5. The molecule has 4 rings (SSSR count). The van der Waals surface area contributed by atoms with E-state index in [1.165, 1.54) is 28.2 Å². The highest BCUT2D eigenvalue weighted by atomic mass is 31.2. The molecule has 0 heterocycles. The first-order valence-corrected chi connectivity index (χ1v) is 16.1. The quantitative estimate of drug-likeness (QED) is 0.200. The van der Waals surface area contributed by atoms with Gasteiger partial charge in [0.15, 0.2) is 0 Å². The summed E-state index contributed by atoms with van der Waals surface area (Å²) in [5, 5.41) is 6.28. The highest BCUT2D eigenvalue weighted by molar-refractivity contribution is 7.88. The van der Waals surface area contributed by atoms with Gasteiger partial charge in [0.05, 0.1) is 0 Å². The van der Waals surface area contributed by atoms with Crippen molar-refractivity contribution in [3.8, 4) is 0 Å². The van der Waals surface area contributed by atoms with E-state index in [2.05, 4.69) is 125 Å². The Balaban J connectivity index is 1.94. The van der Waals surface area contributed by atoms with E-state index >= 15 is 0 Å². The molecule has 4 aromatic rings. The second-order valence-electron chi connectivity index (χ2n) is 8.93. The molecule has 0 aliphatic heterocycles. The van der Waals surface area contributed by atoms with E-state index < -0.39 is 15.8 Å². The minimum atomic E-state index is -0.497. The lowest BCUT2D eigenvalue weighted by Gasteiger charge is -2.31. The van der Waals surface area contributed by atoms with Crippen LogP contribution in [0.3, 0.4) is 0 Å². The van der Waals surface area contributed by atoms with E-state index in [4.69, 9.17) is 0 Å². The molecule has 0 N–H and O–H groups in total. The van der Waals surface area contributed by atoms with Crippen molar-refractivity contribution in [3.63, 3.8) is 0 Å². The van der Waals surface area contributed by atoms with Crippen molar-refractivity contribution in [2.75, 3.05) is 5.90 Å². The Morgan fingerprint density at radius 2 is 0.600 bits per heavy atom. The smallest absolute Gasteiger partial charge is 0.00409 e. The average Bonchev–Trinajstić information content (AvgIpc) is 2.94. The van der Waals surface area contributed by atoms with Gasteiger partial charge in [-0.1, -0.05) is 125 Å². The molecule has 0 radical (unpaired) electrons. The van der Waals surface area contributed by atoms with Gasteiger partial charge in [-0.15, -0.1) is 0 Å². The van der Waals surface area contributed by atoms with E-state index in [-0.39, 0.29) is 0 Å². The minimum Gasteiger partial charge on any atom is -0.0619 e. The summed E-state index contributed by atoms with van der Waals surface area (Å²) in [7, 11) is -0.993. The fraction of sp³-hybridized carbons (Fsp3) is 0.273. The summed E-state index contributed by atoms with van der Waals surface area (Å²) in [6, 6.07) is 36.9. The zero-order chi connectivity index (χ0) is 24.6. The normalized spacial score (nSPS) is 11.4. The highest BCUT2D eigenvalue weighted by Gasteiger charge is 2.27. The summed E-state index contributed by atoms with van der Waals surface area (Å²) < 4.78 is 0. The summed E-state index contributed by atoms with van der Waals surface area (Å²) in [4.78, 5) is 0. The minimum absolute atomic E-state index is 0.497. The maximum absolute atomic E-state index is 2.42. The maximum atomic E-state index is 2.42. The molecule has 35 heavy (non-hydrogen) atoms. The lowest BCUT2D eigenvalue weighted by Crippen LogP contribution is -2.25. The SMILES string of the molecule is CCc1ccccc1P(CP(c1ccccc1CC)c1ccccc1CC)c1ccccc1CC. The average molecular weight is 497 g/mol. The Bertz CT molecular complexity index is 1050. The van der Waals surface area contributed by atoms with E-state index in [0.717, 1.165) is 25.7 Å². The van der Waals surface area contributed by atoms with Gasteiger partial charge >= 0.3 is 0 Å². The van der Waals surface area contributed by atoms with E-state index in [0.29, 0.717) is 0 Å². The first-order valence-electron chi connectivity index (χ1n) is 13.1. The number of aryl methyl sites for hydroxylation is 4. The molecular formula is C33H38P2. The van der Waals surface area contributed by atoms with E-state index in [1.807, 2.05) is 0 Å². The Labute approximate surface area is 215 Å². The van der Waals surface area contributed by atoms with Gasteiger partial charge in [0.25, 0.3) is 0 Å². The third kappa shape index (κ3) is 5.77. The molecule has 0 unspecified atom stereocenters. The van der Waals surface area contributed by atoms with Crippen molar-refractivity contribution in [3.05, 3.63) is 119 Å². The summed E-state index contributed by atoms with van der Waals surface area (Å²) in [6.07, 6.45) is 4.33. The third-order valence-electron chi connectivity index (χ3n) is 6.94. The van der Waals surface area contributed by atoms with Crippen LogP contribution in [-0.2, 0) is 25.7 Å². The number of benzene rings is 4. The molecule has 0 aliphatic carbocycles. The van der Waals surface area contributed by atoms with Gasteiger partial charge in [0, 0.05) is 5.90 Å². The lowest BCUT2D eigenvalue weighted by atomic mass is 10.2. The van der Waals surface area contributed by atoms with Crippen LogP contribution in [0, 0.1) is 0 Å². The standard InChI is InChI=1S/C33H38P2/c1-5-26-17-9-13-21-30(26)34(31-22-14-10-18-27(31)6-2)25-35(32-23-15-11-19-28(32)7-3)33-24-16-12-20-29(33)8-4/h9-24H,5-8,25H2,1-4H3. The second kappa shape index (κ2) is 12.6. The van der Waals surface area contributed by atoms with Crippen molar-refractivity contribution in [1.29, 1.82) is 0 Å². The van der Waals surface area contributed by atoms with Gasteiger partial charge in [-0.25, -0.2) is 0 Å². The molecular weight excluding hydrogens is 458 g/mol. The Kier molecular flexibility index (Phi) is 9.31. The van der Waals surface area contributed by atoms with Gasteiger partial charge in [-0.05, 0) is 85.0 Å². The molecule has 0 atom stereocenters. The fourth-order valence-corrected chi connectivity index (χ4v) is 12.5.